The van der Waals surface area contributed by atoms with Crippen LogP contribution < -0.4 is 5.32 Å². The van der Waals surface area contributed by atoms with Crippen LogP contribution in [0.25, 0.3) is 0 Å². The molecule has 116 valence electrons. The first-order chi connectivity index (χ1) is 10.6. The van der Waals surface area contributed by atoms with Crippen LogP contribution in [0.1, 0.15) is 29.3 Å². The Kier molecular flexibility index (Phi) is 4.45. The Hall–Kier alpha value is -1.85. The van der Waals surface area contributed by atoms with Crippen molar-refractivity contribution in [2.45, 2.75) is 32.0 Å². The van der Waals surface area contributed by atoms with Crippen LogP contribution in [-0.4, -0.2) is 17.6 Å². The van der Waals surface area contributed by atoms with Crippen molar-refractivity contribution in [3.05, 3.63) is 65.0 Å². The molecule has 1 aliphatic rings. The van der Waals surface area contributed by atoms with Gasteiger partial charge in [0.15, 0.2) is 11.6 Å². The van der Waals surface area contributed by atoms with Crippen LogP contribution in [0, 0.1) is 18.6 Å². The van der Waals surface area contributed by atoms with Crippen LogP contribution in [0.2, 0.25) is 0 Å². The number of aryl methyl sites for hydroxylation is 1. The summed E-state index contributed by atoms with van der Waals surface area (Å²) in [7, 11) is 0. The zero-order chi connectivity index (χ0) is 15.5. The van der Waals surface area contributed by atoms with Crippen LogP contribution in [0.5, 0.6) is 0 Å². The molecule has 0 aliphatic carbocycles. The Labute approximate surface area is 128 Å². The van der Waals surface area contributed by atoms with E-state index in [1.54, 1.807) is 6.07 Å². The van der Waals surface area contributed by atoms with Crippen LogP contribution in [0.4, 0.5) is 8.78 Å². The van der Waals surface area contributed by atoms with Crippen LogP contribution in [0.15, 0.2) is 36.5 Å². The van der Waals surface area contributed by atoms with E-state index in [0.29, 0.717) is 18.7 Å². The van der Waals surface area contributed by atoms with E-state index in [9.17, 15) is 8.78 Å². The van der Waals surface area contributed by atoms with Crippen LogP contribution >= 0.6 is 0 Å². The molecule has 1 N–H and O–H groups in total. The fourth-order valence-corrected chi connectivity index (χ4v) is 2.66. The van der Waals surface area contributed by atoms with Gasteiger partial charge in [0.05, 0.1) is 11.8 Å². The van der Waals surface area contributed by atoms with E-state index in [1.165, 1.54) is 6.07 Å². The summed E-state index contributed by atoms with van der Waals surface area (Å²) in [5.41, 5.74) is 2.72. The highest BCUT2D eigenvalue weighted by Gasteiger charge is 2.29. The van der Waals surface area contributed by atoms with Crippen molar-refractivity contribution >= 4 is 0 Å². The first kappa shape index (κ1) is 15.1. The summed E-state index contributed by atoms with van der Waals surface area (Å²) in [4.78, 5) is 4.35. The van der Waals surface area contributed by atoms with E-state index in [1.807, 2.05) is 25.3 Å². The van der Waals surface area contributed by atoms with Crippen LogP contribution in [-0.2, 0) is 11.3 Å². The second kappa shape index (κ2) is 6.50. The maximum Gasteiger partial charge on any atom is 0.159 e. The van der Waals surface area contributed by atoms with Gasteiger partial charge in [0.1, 0.15) is 0 Å². The Bertz CT molecular complexity index is 646. The molecular weight excluding hydrogens is 286 g/mol. The van der Waals surface area contributed by atoms with Crippen molar-refractivity contribution in [3.63, 3.8) is 0 Å². The number of benzene rings is 1. The Balaban J connectivity index is 1.67. The Morgan fingerprint density at radius 2 is 2.09 bits per heavy atom. The van der Waals surface area contributed by atoms with Crippen molar-refractivity contribution in [1.29, 1.82) is 0 Å². The predicted octanol–water partition coefficient (Wildman–Crippen LogP) is 3.29. The average Bonchev–Trinajstić information content (AvgIpc) is 2.98. The fraction of sp³-hybridized carbons (Fsp3) is 0.353. The van der Waals surface area contributed by atoms with Crippen molar-refractivity contribution in [2.24, 2.45) is 0 Å². The lowest BCUT2D eigenvalue weighted by atomic mass is 10.0. The lowest BCUT2D eigenvalue weighted by Crippen LogP contribution is -2.31. The zero-order valence-electron chi connectivity index (χ0n) is 12.4. The molecule has 5 heteroatoms. The predicted molar refractivity (Wildman–Crippen MR) is 79.3 cm³/mol. The van der Waals surface area contributed by atoms with Gasteiger partial charge in [-0.1, -0.05) is 12.1 Å². The fourth-order valence-electron chi connectivity index (χ4n) is 2.66. The van der Waals surface area contributed by atoms with Gasteiger partial charge in [-0.2, -0.15) is 0 Å². The summed E-state index contributed by atoms with van der Waals surface area (Å²) in [6.45, 7) is 3.21. The highest BCUT2D eigenvalue weighted by atomic mass is 19.2. The Morgan fingerprint density at radius 3 is 2.82 bits per heavy atom. The SMILES string of the molecule is Cc1ccc(CNC2CCOC2c2ccc(F)c(F)c2)nc1. The first-order valence-corrected chi connectivity index (χ1v) is 7.35. The number of aromatic nitrogens is 1. The normalized spacial score (nSPS) is 21.2. The molecule has 2 unspecified atom stereocenters. The summed E-state index contributed by atoms with van der Waals surface area (Å²) in [5, 5.41) is 3.40. The zero-order valence-corrected chi connectivity index (χ0v) is 12.4. The summed E-state index contributed by atoms with van der Waals surface area (Å²) < 4.78 is 32.1. The number of hydrogen-bond donors (Lipinski definition) is 1. The van der Waals surface area contributed by atoms with E-state index in [-0.39, 0.29) is 12.1 Å². The second-order valence-electron chi connectivity index (χ2n) is 5.57. The smallest absolute Gasteiger partial charge is 0.159 e. The Morgan fingerprint density at radius 1 is 1.23 bits per heavy atom. The van der Waals surface area contributed by atoms with Gasteiger partial charge in [-0.3, -0.25) is 4.98 Å². The highest BCUT2D eigenvalue weighted by molar-refractivity contribution is 5.22. The van der Waals surface area contributed by atoms with E-state index in [2.05, 4.69) is 10.3 Å². The van der Waals surface area contributed by atoms with Gasteiger partial charge in [-0.15, -0.1) is 0 Å². The molecule has 3 nitrogen and oxygen atoms in total. The second-order valence-corrected chi connectivity index (χ2v) is 5.57. The standard InChI is InChI=1S/C17H18F2N2O/c1-11-2-4-13(20-9-11)10-21-16-6-7-22-17(16)12-3-5-14(18)15(19)8-12/h2-5,8-9,16-17,21H,6-7,10H2,1H3. The quantitative estimate of drug-likeness (QED) is 0.941. The van der Waals surface area contributed by atoms with Gasteiger partial charge in [0.2, 0.25) is 0 Å². The molecule has 2 atom stereocenters. The van der Waals surface area contributed by atoms with Crippen molar-refractivity contribution in [2.75, 3.05) is 6.61 Å². The molecule has 1 aliphatic heterocycles. The molecule has 2 aromatic rings. The highest BCUT2D eigenvalue weighted by Crippen LogP contribution is 2.30. The molecule has 1 aromatic heterocycles. The molecule has 2 heterocycles. The van der Waals surface area contributed by atoms with Gasteiger partial charge in [0.25, 0.3) is 0 Å². The number of pyridine rings is 1. The molecule has 3 rings (SSSR count). The monoisotopic (exact) mass is 304 g/mol. The summed E-state index contributed by atoms with van der Waals surface area (Å²) in [5.74, 6) is -1.68. The molecule has 0 saturated carbocycles. The van der Waals surface area contributed by atoms with Crippen LogP contribution in [0.3, 0.4) is 0 Å². The van der Waals surface area contributed by atoms with Crippen molar-refractivity contribution < 1.29 is 13.5 Å². The molecule has 1 fully saturated rings. The minimum absolute atomic E-state index is 0.0629. The van der Waals surface area contributed by atoms with Gasteiger partial charge in [0, 0.05) is 25.4 Å². The number of rotatable bonds is 4. The third-order valence-corrected chi connectivity index (χ3v) is 3.88. The third kappa shape index (κ3) is 3.31. The molecule has 0 spiro atoms. The van der Waals surface area contributed by atoms with Gasteiger partial charge < -0.3 is 10.1 Å². The molecule has 0 bridgehead atoms. The maximum atomic E-state index is 13.4. The number of nitrogens with zero attached hydrogens (tertiary/aromatic N) is 1. The molecular formula is C17H18F2N2O. The minimum atomic E-state index is -0.841. The number of halogens is 2. The van der Waals surface area contributed by atoms with E-state index in [4.69, 9.17) is 4.74 Å². The van der Waals surface area contributed by atoms with Gasteiger partial charge in [-0.25, -0.2) is 8.78 Å². The number of ether oxygens (including phenoxy) is 1. The molecule has 0 radical (unpaired) electrons. The van der Waals surface area contributed by atoms with Gasteiger partial charge >= 0.3 is 0 Å². The first-order valence-electron chi connectivity index (χ1n) is 7.35. The summed E-state index contributed by atoms with van der Waals surface area (Å²) >= 11 is 0. The molecule has 1 saturated heterocycles. The average molecular weight is 304 g/mol. The lowest BCUT2D eigenvalue weighted by molar-refractivity contribution is 0.0980. The third-order valence-electron chi connectivity index (χ3n) is 3.88. The summed E-state index contributed by atoms with van der Waals surface area (Å²) in [6.07, 6.45) is 2.39. The van der Waals surface area contributed by atoms with Gasteiger partial charge in [-0.05, 0) is 42.7 Å². The molecule has 22 heavy (non-hydrogen) atoms. The van der Waals surface area contributed by atoms with E-state index >= 15 is 0 Å². The largest absolute Gasteiger partial charge is 0.372 e. The maximum absolute atomic E-state index is 13.4. The lowest BCUT2D eigenvalue weighted by Gasteiger charge is -2.20. The molecule has 1 aromatic carbocycles. The summed E-state index contributed by atoms with van der Waals surface area (Å²) in [6, 6.07) is 7.99. The number of nitrogens with one attached hydrogen (secondary N) is 1. The number of hydrogen-bond acceptors (Lipinski definition) is 3. The topological polar surface area (TPSA) is 34.1 Å². The van der Waals surface area contributed by atoms with E-state index in [0.717, 1.165) is 23.7 Å². The van der Waals surface area contributed by atoms with Crippen molar-refractivity contribution in [1.82, 2.24) is 10.3 Å². The molecule has 0 amide bonds. The van der Waals surface area contributed by atoms with Crippen molar-refractivity contribution in [3.8, 4) is 0 Å². The van der Waals surface area contributed by atoms with E-state index < -0.39 is 11.6 Å². The minimum Gasteiger partial charge on any atom is -0.372 e.